The molecule has 0 saturated heterocycles. The summed E-state index contributed by atoms with van der Waals surface area (Å²) in [5, 5.41) is 8.73. The van der Waals surface area contributed by atoms with Crippen molar-refractivity contribution in [3.8, 4) is 5.75 Å². The maximum atomic E-state index is 13.1. The molecular weight excluding hydrogens is 339 g/mol. The SMILES string of the molecule is CC(C(=O)N1CCOc2cc(C(=O)NO)ccc2C1)c1ccc(F)cc1. The van der Waals surface area contributed by atoms with Gasteiger partial charge in [-0.1, -0.05) is 18.2 Å². The lowest BCUT2D eigenvalue weighted by atomic mass is 9.99. The molecule has 7 heteroatoms. The van der Waals surface area contributed by atoms with Crippen molar-refractivity contribution < 1.29 is 23.9 Å². The van der Waals surface area contributed by atoms with Crippen LogP contribution in [-0.4, -0.2) is 35.1 Å². The molecule has 1 atom stereocenters. The highest BCUT2D eigenvalue weighted by Gasteiger charge is 2.25. The Morgan fingerprint density at radius 3 is 2.65 bits per heavy atom. The Hall–Kier alpha value is -2.93. The lowest BCUT2D eigenvalue weighted by molar-refractivity contribution is -0.133. The van der Waals surface area contributed by atoms with Gasteiger partial charge in [0.15, 0.2) is 0 Å². The fourth-order valence-electron chi connectivity index (χ4n) is 2.93. The van der Waals surface area contributed by atoms with Crippen molar-refractivity contribution in [2.24, 2.45) is 0 Å². The number of amides is 2. The average molecular weight is 358 g/mol. The van der Waals surface area contributed by atoms with Gasteiger partial charge in [0, 0.05) is 17.7 Å². The summed E-state index contributed by atoms with van der Waals surface area (Å²) in [6.07, 6.45) is 0. The van der Waals surface area contributed by atoms with Crippen LogP contribution in [0, 0.1) is 5.82 Å². The fourth-order valence-corrected chi connectivity index (χ4v) is 2.93. The number of benzene rings is 2. The number of fused-ring (bicyclic) bond motifs is 1. The van der Waals surface area contributed by atoms with Crippen molar-refractivity contribution in [3.63, 3.8) is 0 Å². The standard InChI is InChI=1S/C19H19FN2O4/c1-12(13-4-6-16(20)7-5-13)19(24)22-8-9-26-17-10-14(18(23)21-25)2-3-15(17)11-22/h2-7,10,12,25H,8-9,11H2,1H3,(H,21,23). The molecule has 0 aliphatic carbocycles. The lowest BCUT2D eigenvalue weighted by Gasteiger charge is -2.24. The van der Waals surface area contributed by atoms with Crippen LogP contribution in [0.15, 0.2) is 42.5 Å². The number of hydroxylamine groups is 1. The first-order valence-electron chi connectivity index (χ1n) is 8.24. The molecule has 1 aliphatic rings. The van der Waals surface area contributed by atoms with Gasteiger partial charge in [0.1, 0.15) is 18.2 Å². The Balaban J connectivity index is 1.79. The topological polar surface area (TPSA) is 78.9 Å². The Morgan fingerprint density at radius 1 is 1.23 bits per heavy atom. The molecule has 136 valence electrons. The van der Waals surface area contributed by atoms with Crippen LogP contribution in [-0.2, 0) is 11.3 Å². The largest absolute Gasteiger partial charge is 0.491 e. The summed E-state index contributed by atoms with van der Waals surface area (Å²) >= 11 is 0. The molecule has 0 aromatic heterocycles. The van der Waals surface area contributed by atoms with Gasteiger partial charge in [-0.15, -0.1) is 0 Å². The number of rotatable bonds is 3. The zero-order chi connectivity index (χ0) is 18.7. The van der Waals surface area contributed by atoms with Crippen molar-refractivity contribution >= 4 is 11.8 Å². The van der Waals surface area contributed by atoms with E-state index < -0.39 is 11.8 Å². The number of nitrogens with one attached hydrogen (secondary N) is 1. The highest BCUT2D eigenvalue weighted by Crippen LogP contribution is 2.27. The molecule has 1 aliphatic heterocycles. The number of ether oxygens (including phenoxy) is 1. The highest BCUT2D eigenvalue weighted by molar-refractivity contribution is 5.93. The molecule has 6 nitrogen and oxygen atoms in total. The molecule has 0 saturated carbocycles. The van der Waals surface area contributed by atoms with E-state index in [1.807, 2.05) is 0 Å². The molecule has 0 bridgehead atoms. The molecular formula is C19H19FN2O4. The second kappa shape index (κ2) is 7.53. The molecule has 26 heavy (non-hydrogen) atoms. The van der Waals surface area contributed by atoms with Crippen LogP contribution < -0.4 is 10.2 Å². The van der Waals surface area contributed by atoms with Crippen molar-refractivity contribution in [1.29, 1.82) is 0 Å². The normalized spacial score (nSPS) is 14.7. The molecule has 3 rings (SSSR count). The minimum absolute atomic E-state index is 0.0785. The van der Waals surface area contributed by atoms with Crippen LogP contribution >= 0.6 is 0 Å². The van der Waals surface area contributed by atoms with Gasteiger partial charge in [0.25, 0.3) is 5.91 Å². The van der Waals surface area contributed by atoms with Gasteiger partial charge in [-0.3, -0.25) is 14.8 Å². The Morgan fingerprint density at radius 2 is 1.96 bits per heavy atom. The predicted molar refractivity (Wildman–Crippen MR) is 91.4 cm³/mol. The van der Waals surface area contributed by atoms with Gasteiger partial charge >= 0.3 is 0 Å². The zero-order valence-electron chi connectivity index (χ0n) is 14.2. The summed E-state index contributed by atoms with van der Waals surface area (Å²) in [6, 6.07) is 10.7. The van der Waals surface area contributed by atoms with E-state index in [0.717, 1.165) is 11.1 Å². The van der Waals surface area contributed by atoms with Gasteiger partial charge < -0.3 is 9.64 Å². The van der Waals surface area contributed by atoms with Gasteiger partial charge in [0.2, 0.25) is 5.91 Å². The molecule has 1 heterocycles. The third-order valence-corrected chi connectivity index (χ3v) is 4.46. The minimum atomic E-state index is -0.626. The van der Waals surface area contributed by atoms with Crippen molar-refractivity contribution in [1.82, 2.24) is 10.4 Å². The van der Waals surface area contributed by atoms with E-state index in [1.165, 1.54) is 18.2 Å². The number of hydrogen-bond donors (Lipinski definition) is 2. The molecule has 2 aromatic carbocycles. The Bertz CT molecular complexity index is 823. The van der Waals surface area contributed by atoms with Crippen LogP contribution in [0.3, 0.4) is 0 Å². The van der Waals surface area contributed by atoms with E-state index in [-0.39, 0.29) is 17.3 Å². The summed E-state index contributed by atoms with van der Waals surface area (Å²) in [6.45, 7) is 2.83. The first kappa shape index (κ1) is 17.9. The van der Waals surface area contributed by atoms with E-state index in [0.29, 0.717) is 25.4 Å². The number of nitrogens with zero attached hydrogens (tertiary/aromatic N) is 1. The van der Waals surface area contributed by atoms with Crippen LogP contribution in [0.2, 0.25) is 0 Å². The van der Waals surface area contributed by atoms with Crippen LogP contribution in [0.5, 0.6) is 5.75 Å². The molecule has 2 amide bonds. The molecule has 1 unspecified atom stereocenters. The average Bonchev–Trinajstić information content (AvgIpc) is 2.88. The van der Waals surface area contributed by atoms with Gasteiger partial charge in [-0.25, -0.2) is 9.87 Å². The summed E-state index contributed by atoms with van der Waals surface area (Å²) < 4.78 is 18.7. The van der Waals surface area contributed by atoms with Crippen molar-refractivity contribution in [2.45, 2.75) is 19.4 Å². The number of halogens is 1. The second-order valence-corrected chi connectivity index (χ2v) is 6.14. The molecule has 0 fully saturated rings. The summed E-state index contributed by atoms with van der Waals surface area (Å²) in [4.78, 5) is 26.1. The minimum Gasteiger partial charge on any atom is -0.491 e. The first-order chi connectivity index (χ1) is 12.5. The van der Waals surface area contributed by atoms with E-state index >= 15 is 0 Å². The molecule has 0 radical (unpaired) electrons. The third-order valence-electron chi connectivity index (χ3n) is 4.46. The second-order valence-electron chi connectivity index (χ2n) is 6.14. The quantitative estimate of drug-likeness (QED) is 0.653. The van der Waals surface area contributed by atoms with Crippen LogP contribution in [0.4, 0.5) is 4.39 Å². The van der Waals surface area contributed by atoms with E-state index in [2.05, 4.69) is 0 Å². The first-order valence-corrected chi connectivity index (χ1v) is 8.24. The monoisotopic (exact) mass is 358 g/mol. The zero-order valence-corrected chi connectivity index (χ0v) is 14.2. The smallest absolute Gasteiger partial charge is 0.274 e. The lowest BCUT2D eigenvalue weighted by Crippen LogP contribution is -2.35. The van der Waals surface area contributed by atoms with Gasteiger partial charge in [-0.05, 0) is 36.8 Å². The summed E-state index contributed by atoms with van der Waals surface area (Å²) in [5.41, 5.74) is 3.37. The number of carbonyl (C=O) groups excluding carboxylic acids is 2. The van der Waals surface area contributed by atoms with Crippen LogP contribution in [0.25, 0.3) is 0 Å². The van der Waals surface area contributed by atoms with Crippen LogP contribution in [0.1, 0.15) is 34.3 Å². The molecule has 0 spiro atoms. The maximum absolute atomic E-state index is 13.1. The molecule has 2 aromatic rings. The van der Waals surface area contributed by atoms with E-state index in [1.54, 1.807) is 41.6 Å². The molecule has 2 N–H and O–H groups in total. The third kappa shape index (κ3) is 3.67. The Kier molecular flexibility index (Phi) is 5.18. The summed E-state index contributed by atoms with van der Waals surface area (Å²) in [7, 11) is 0. The number of hydrogen-bond acceptors (Lipinski definition) is 4. The fraction of sp³-hybridized carbons (Fsp3) is 0.263. The Labute approximate surface area is 150 Å². The van der Waals surface area contributed by atoms with Gasteiger partial charge in [-0.2, -0.15) is 0 Å². The summed E-state index contributed by atoms with van der Waals surface area (Å²) in [5.74, 6) is -0.940. The van der Waals surface area contributed by atoms with Crippen molar-refractivity contribution in [3.05, 3.63) is 65.0 Å². The number of carbonyl (C=O) groups is 2. The van der Waals surface area contributed by atoms with Crippen molar-refractivity contribution in [2.75, 3.05) is 13.2 Å². The maximum Gasteiger partial charge on any atom is 0.274 e. The van der Waals surface area contributed by atoms with Gasteiger partial charge in [0.05, 0.1) is 12.5 Å². The predicted octanol–water partition coefficient (Wildman–Crippen LogP) is 2.47. The van der Waals surface area contributed by atoms with E-state index in [9.17, 15) is 14.0 Å². The highest BCUT2D eigenvalue weighted by atomic mass is 19.1. The van der Waals surface area contributed by atoms with E-state index in [4.69, 9.17) is 9.94 Å².